The zero-order chi connectivity index (χ0) is 27.7. The minimum Gasteiger partial charge on any atom is -0.351 e. The predicted octanol–water partition coefficient (Wildman–Crippen LogP) is 8.48. The fraction of sp³-hybridized carbons (Fsp3) is 0.543. The van der Waals surface area contributed by atoms with Crippen LogP contribution >= 0.6 is 0 Å². The van der Waals surface area contributed by atoms with Gasteiger partial charge in [0, 0.05) is 23.6 Å². The summed E-state index contributed by atoms with van der Waals surface area (Å²) in [4.78, 5) is 26.9. The maximum absolute atomic E-state index is 13.9. The molecule has 2 aromatic carbocycles. The van der Waals surface area contributed by atoms with Crippen LogP contribution in [0.2, 0.25) is 0 Å². The second kappa shape index (κ2) is 11.2. The number of aryl methyl sites for hydroxylation is 4. The Morgan fingerprint density at radius 2 is 1.53 bits per heavy atom. The van der Waals surface area contributed by atoms with E-state index >= 15 is 0 Å². The van der Waals surface area contributed by atoms with Crippen molar-refractivity contribution < 1.29 is 9.59 Å². The summed E-state index contributed by atoms with van der Waals surface area (Å²) in [5, 5.41) is 3.27. The molecular formula is C35H47NO2. The molecule has 3 heteroatoms. The van der Waals surface area contributed by atoms with Gasteiger partial charge in [0.1, 0.15) is 0 Å². The number of ketones is 1. The monoisotopic (exact) mass is 513 g/mol. The molecule has 38 heavy (non-hydrogen) atoms. The van der Waals surface area contributed by atoms with E-state index in [1.165, 1.54) is 22.3 Å². The molecule has 1 saturated carbocycles. The molecule has 0 bridgehead atoms. The van der Waals surface area contributed by atoms with Gasteiger partial charge in [0.05, 0.1) is 0 Å². The van der Waals surface area contributed by atoms with E-state index in [-0.39, 0.29) is 28.4 Å². The normalized spacial score (nSPS) is 23.6. The van der Waals surface area contributed by atoms with Crippen LogP contribution in [0.3, 0.4) is 0 Å². The highest BCUT2D eigenvalue weighted by molar-refractivity contribution is 5.99. The third-order valence-electron chi connectivity index (χ3n) is 9.17. The van der Waals surface area contributed by atoms with Gasteiger partial charge in [-0.25, -0.2) is 0 Å². The smallest absolute Gasteiger partial charge is 0.251 e. The molecule has 2 aromatic rings. The number of allylic oxidation sites excluding steroid dienone is 2. The van der Waals surface area contributed by atoms with E-state index in [0.29, 0.717) is 12.5 Å². The average Bonchev–Trinajstić information content (AvgIpc) is 3.37. The number of carbonyl (C=O) groups excluding carboxylic acids is 2. The zero-order valence-electron chi connectivity index (χ0n) is 24.7. The molecule has 4 rings (SSSR count). The van der Waals surface area contributed by atoms with Crippen LogP contribution in [-0.2, 0) is 0 Å². The van der Waals surface area contributed by atoms with Crippen LogP contribution in [0, 0.1) is 50.4 Å². The lowest BCUT2D eigenvalue weighted by atomic mass is 9.59. The van der Waals surface area contributed by atoms with Gasteiger partial charge < -0.3 is 5.32 Å². The molecule has 0 radical (unpaired) electrons. The van der Waals surface area contributed by atoms with Gasteiger partial charge in [0.25, 0.3) is 5.91 Å². The quantitative estimate of drug-likeness (QED) is 0.284. The number of Topliss-reactive ketones (excluding diaryl/α,β-unsaturated/α-hetero) is 1. The second-order valence-corrected chi connectivity index (χ2v) is 13.5. The van der Waals surface area contributed by atoms with E-state index in [1.807, 2.05) is 24.3 Å². The van der Waals surface area contributed by atoms with Gasteiger partial charge in [0.15, 0.2) is 5.78 Å². The lowest BCUT2D eigenvalue weighted by molar-refractivity contribution is 0.0424. The van der Waals surface area contributed by atoms with Crippen molar-refractivity contribution in [3.63, 3.8) is 0 Å². The van der Waals surface area contributed by atoms with Gasteiger partial charge in [-0.2, -0.15) is 0 Å². The van der Waals surface area contributed by atoms with Crippen molar-refractivity contribution >= 4 is 11.7 Å². The SMILES string of the molecule is Cc1ccc(C(=O)NCC2(C)CC(CC(C(=O)c3ccc(C)c(C)c3)C3=CCCC3)CC(C)(C)C2)cc1C. The third kappa shape index (κ3) is 6.65. The first-order valence-electron chi connectivity index (χ1n) is 14.5. The molecule has 0 heterocycles. The molecule has 0 saturated heterocycles. The predicted molar refractivity (Wildman–Crippen MR) is 158 cm³/mol. The molecule has 1 amide bonds. The summed E-state index contributed by atoms with van der Waals surface area (Å²) in [7, 11) is 0. The van der Waals surface area contributed by atoms with Gasteiger partial charge >= 0.3 is 0 Å². The minimum absolute atomic E-state index is 0.0000794. The summed E-state index contributed by atoms with van der Waals surface area (Å²) in [5.41, 5.74) is 7.85. The maximum atomic E-state index is 13.9. The lowest BCUT2D eigenvalue weighted by Crippen LogP contribution is -2.44. The first-order chi connectivity index (χ1) is 17.9. The van der Waals surface area contributed by atoms with Crippen molar-refractivity contribution in [1.82, 2.24) is 5.32 Å². The molecule has 3 atom stereocenters. The fourth-order valence-corrected chi connectivity index (χ4v) is 7.30. The molecule has 1 fully saturated rings. The molecule has 0 aliphatic heterocycles. The Kier molecular flexibility index (Phi) is 8.35. The van der Waals surface area contributed by atoms with Crippen LogP contribution < -0.4 is 5.32 Å². The third-order valence-corrected chi connectivity index (χ3v) is 9.17. The first kappa shape index (κ1) is 28.3. The van der Waals surface area contributed by atoms with E-state index in [0.717, 1.165) is 61.6 Å². The first-order valence-corrected chi connectivity index (χ1v) is 14.5. The van der Waals surface area contributed by atoms with Gasteiger partial charge in [0.2, 0.25) is 0 Å². The standard InChI is InChI=1S/C35H47NO2/c1-23-12-14-29(16-25(23)3)32(37)31(28-10-8-9-11-28)18-27-19-34(5,6)21-35(7,20-27)22-36-33(38)30-15-13-24(2)26(4)17-30/h10,12-17,27,31H,8-9,11,18-22H2,1-7H3,(H,36,38). The van der Waals surface area contributed by atoms with Crippen molar-refractivity contribution in [2.45, 2.75) is 93.4 Å². The Morgan fingerprint density at radius 1 is 0.895 bits per heavy atom. The molecule has 0 aromatic heterocycles. The van der Waals surface area contributed by atoms with Crippen LogP contribution in [0.15, 0.2) is 48.0 Å². The molecule has 2 aliphatic rings. The van der Waals surface area contributed by atoms with Crippen LogP contribution in [-0.4, -0.2) is 18.2 Å². The number of nitrogens with one attached hydrogen (secondary N) is 1. The minimum atomic E-state index is -0.0344. The number of carbonyl (C=O) groups is 2. The molecule has 204 valence electrons. The van der Waals surface area contributed by atoms with Gasteiger partial charge in [-0.1, -0.05) is 50.6 Å². The summed E-state index contributed by atoms with van der Waals surface area (Å²) in [6.07, 6.45) is 9.76. The topological polar surface area (TPSA) is 46.2 Å². The van der Waals surface area contributed by atoms with Crippen molar-refractivity contribution in [3.05, 3.63) is 81.4 Å². The summed E-state index contributed by atoms with van der Waals surface area (Å²) in [6, 6.07) is 12.1. The Morgan fingerprint density at radius 3 is 2.13 bits per heavy atom. The maximum Gasteiger partial charge on any atom is 0.251 e. The number of benzene rings is 2. The van der Waals surface area contributed by atoms with Crippen LogP contribution in [0.25, 0.3) is 0 Å². The Labute approximate surface area is 230 Å². The van der Waals surface area contributed by atoms with E-state index in [9.17, 15) is 9.59 Å². The van der Waals surface area contributed by atoms with Gasteiger partial charge in [-0.15, -0.1) is 0 Å². The zero-order valence-corrected chi connectivity index (χ0v) is 24.7. The Balaban J connectivity index is 1.51. The molecule has 3 nitrogen and oxygen atoms in total. The van der Waals surface area contributed by atoms with Crippen LogP contribution in [0.4, 0.5) is 0 Å². The summed E-state index contributed by atoms with van der Waals surface area (Å²) in [5.74, 6) is 0.708. The fourth-order valence-electron chi connectivity index (χ4n) is 7.30. The van der Waals surface area contributed by atoms with Crippen molar-refractivity contribution in [2.75, 3.05) is 6.54 Å². The van der Waals surface area contributed by atoms with Crippen LogP contribution in [0.5, 0.6) is 0 Å². The van der Waals surface area contributed by atoms with Gasteiger partial charge in [-0.05, 0) is 130 Å². The van der Waals surface area contributed by atoms with Gasteiger partial charge in [-0.3, -0.25) is 9.59 Å². The van der Waals surface area contributed by atoms with Crippen LogP contribution in [0.1, 0.15) is 109 Å². The van der Waals surface area contributed by atoms with Crippen molar-refractivity contribution in [2.24, 2.45) is 22.7 Å². The highest BCUT2D eigenvalue weighted by Gasteiger charge is 2.43. The van der Waals surface area contributed by atoms with E-state index in [1.54, 1.807) is 0 Å². The summed E-state index contributed by atoms with van der Waals surface area (Å²) in [6.45, 7) is 16.0. The second-order valence-electron chi connectivity index (χ2n) is 13.5. The molecule has 0 spiro atoms. The number of hydrogen-bond acceptors (Lipinski definition) is 2. The van der Waals surface area contributed by atoms with Crippen molar-refractivity contribution in [3.8, 4) is 0 Å². The summed E-state index contributed by atoms with van der Waals surface area (Å²) >= 11 is 0. The van der Waals surface area contributed by atoms with Crippen molar-refractivity contribution in [1.29, 1.82) is 0 Å². The van der Waals surface area contributed by atoms with E-state index < -0.39 is 0 Å². The van der Waals surface area contributed by atoms with E-state index in [2.05, 4.69) is 72.0 Å². The van der Waals surface area contributed by atoms with E-state index in [4.69, 9.17) is 0 Å². The molecular weight excluding hydrogens is 466 g/mol. The lowest BCUT2D eigenvalue weighted by Gasteiger charge is -2.47. The Hall–Kier alpha value is -2.68. The highest BCUT2D eigenvalue weighted by atomic mass is 16.1. The highest BCUT2D eigenvalue weighted by Crippen LogP contribution is 2.51. The molecule has 3 unspecified atom stereocenters. The summed E-state index contributed by atoms with van der Waals surface area (Å²) < 4.78 is 0. The molecule has 1 N–H and O–H groups in total. The Bertz CT molecular complexity index is 1240. The molecule has 2 aliphatic carbocycles. The largest absolute Gasteiger partial charge is 0.351 e. The number of rotatable bonds is 8. The average molecular weight is 514 g/mol. The number of hydrogen-bond donors (Lipinski definition) is 1. The number of amides is 1.